The van der Waals surface area contributed by atoms with Gasteiger partial charge in [-0.05, 0) is 67.3 Å². The van der Waals surface area contributed by atoms with Gasteiger partial charge >= 0.3 is 0 Å². The Bertz CT molecular complexity index is 847. The van der Waals surface area contributed by atoms with E-state index in [1.807, 2.05) is 0 Å². The maximum atomic E-state index is 9.65. The van der Waals surface area contributed by atoms with Crippen LogP contribution in [-0.2, 0) is 6.54 Å². The van der Waals surface area contributed by atoms with Gasteiger partial charge in [-0.25, -0.2) is 0 Å². The maximum absolute atomic E-state index is 9.65. The molecule has 0 saturated heterocycles. The number of benzene rings is 2. The van der Waals surface area contributed by atoms with E-state index in [-0.39, 0.29) is 18.0 Å². The van der Waals surface area contributed by atoms with E-state index in [1.165, 1.54) is 18.2 Å². The third-order valence-electron chi connectivity index (χ3n) is 3.20. The van der Waals surface area contributed by atoms with Crippen LogP contribution >= 0.6 is 44.1 Å². The molecule has 0 bridgehead atoms. The second kappa shape index (κ2) is 7.94. The smallest absolute Gasteiger partial charge is 0.200 e. The quantitative estimate of drug-likeness (QED) is 0.219. The lowest BCUT2D eigenvalue weighted by Crippen LogP contribution is -2.18. The molecular weight excluding hydrogens is 478 g/mol. The van der Waals surface area contributed by atoms with Crippen LogP contribution in [0.2, 0.25) is 0 Å². The summed E-state index contributed by atoms with van der Waals surface area (Å²) in [6.45, 7) is 0.219. The molecular formula is C16H13Br2NO5S. The standard InChI is InChI=1S/C16H13Br2NO5S/c17-13-8(5-11(22)16(24)14(13)18)1-2-12(25)19-6-7-3-9(20)15(23)10(21)4-7/h1-5,20-24H,6H2,(H,19,25)/b2-1-. The average molecular weight is 491 g/mol. The number of halogens is 2. The highest BCUT2D eigenvalue weighted by molar-refractivity contribution is 9.13. The molecule has 0 aliphatic rings. The molecule has 25 heavy (non-hydrogen) atoms. The SMILES string of the molecule is Oc1cc(CNC(=S)/C=C\c2cc(O)c(O)c(Br)c2Br)cc(O)c1O. The Balaban J connectivity index is 2.07. The number of aromatic hydroxyl groups is 5. The van der Waals surface area contributed by atoms with E-state index in [2.05, 4.69) is 37.2 Å². The predicted molar refractivity (Wildman–Crippen MR) is 105 cm³/mol. The third-order valence-corrected chi connectivity index (χ3v) is 5.64. The molecule has 0 aliphatic carbocycles. The van der Waals surface area contributed by atoms with Gasteiger partial charge in [0, 0.05) is 11.0 Å². The normalized spacial score (nSPS) is 11.0. The fraction of sp³-hybridized carbons (Fsp3) is 0.0625. The molecule has 9 heteroatoms. The summed E-state index contributed by atoms with van der Waals surface area (Å²) in [7, 11) is 0. The number of hydrogen-bond acceptors (Lipinski definition) is 6. The average Bonchev–Trinajstić information content (AvgIpc) is 2.57. The topological polar surface area (TPSA) is 113 Å². The summed E-state index contributed by atoms with van der Waals surface area (Å²) in [6, 6.07) is 3.99. The number of nitrogens with one attached hydrogen (secondary N) is 1. The van der Waals surface area contributed by atoms with Gasteiger partial charge in [-0.2, -0.15) is 0 Å². The van der Waals surface area contributed by atoms with Gasteiger partial charge in [0.05, 0.1) is 9.46 Å². The summed E-state index contributed by atoms with van der Waals surface area (Å²) in [5.41, 5.74) is 1.11. The number of phenols is 5. The minimum absolute atomic E-state index is 0.219. The second-order valence-corrected chi connectivity index (χ2v) is 7.02. The molecule has 6 nitrogen and oxygen atoms in total. The van der Waals surface area contributed by atoms with Crippen molar-refractivity contribution in [2.24, 2.45) is 0 Å². The largest absolute Gasteiger partial charge is 0.504 e. The molecule has 0 amide bonds. The molecule has 2 rings (SSSR count). The molecule has 0 radical (unpaired) electrons. The van der Waals surface area contributed by atoms with Crippen molar-refractivity contribution in [3.05, 3.63) is 44.3 Å². The Kier molecular flexibility index (Phi) is 6.15. The molecule has 0 spiro atoms. The Morgan fingerprint density at radius 1 is 0.920 bits per heavy atom. The van der Waals surface area contributed by atoms with Gasteiger partial charge < -0.3 is 30.8 Å². The Morgan fingerprint density at radius 2 is 1.48 bits per heavy atom. The maximum Gasteiger partial charge on any atom is 0.200 e. The van der Waals surface area contributed by atoms with Crippen LogP contribution in [0.5, 0.6) is 28.7 Å². The highest BCUT2D eigenvalue weighted by Gasteiger charge is 2.12. The highest BCUT2D eigenvalue weighted by atomic mass is 79.9. The van der Waals surface area contributed by atoms with Crippen molar-refractivity contribution in [1.29, 1.82) is 0 Å². The van der Waals surface area contributed by atoms with Crippen molar-refractivity contribution in [2.45, 2.75) is 6.54 Å². The zero-order valence-electron chi connectivity index (χ0n) is 12.5. The van der Waals surface area contributed by atoms with Gasteiger partial charge in [-0.3, -0.25) is 0 Å². The molecule has 0 fully saturated rings. The number of phenolic OH excluding ortho intramolecular Hbond substituents is 5. The van der Waals surface area contributed by atoms with Gasteiger partial charge in [0.15, 0.2) is 28.7 Å². The van der Waals surface area contributed by atoms with Crippen molar-refractivity contribution in [3.63, 3.8) is 0 Å². The molecule has 6 N–H and O–H groups in total. The number of rotatable bonds is 4. The Hall–Kier alpha value is -1.97. The van der Waals surface area contributed by atoms with Crippen LogP contribution in [0.15, 0.2) is 33.2 Å². The second-order valence-electron chi connectivity index (χ2n) is 5.00. The molecule has 0 aliphatic heterocycles. The predicted octanol–water partition coefficient (Wildman–Crippen LogP) is 3.87. The van der Waals surface area contributed by atoms with Crippen molar-refractivity contribution < 1.29 is 25.5 Å². The summed E-state index contributed by atoms with van der Waals surface area (Å²) >= 11 is 11.6. The van der Waals surface area contributed by atoms with Crippen LogP contribution in [-0.4, -0.2) is 30.5 Å². The molecule has 0 aromatic heterocycles. The van der Waals surface area contributed by atoms with Crippen LogP contribution in [0.4, 0.5) is 0 Å². The lowest BCUT2D eigenvalue weighted by atomic mass is 10.1. The van der Waals surface area contributed by atoms with Crippen molar-refractivity contribution in [2.75, 3.05) is 0 Å². The molecule has 0 heterocycles. The molecule has 0 saturated carbocycles. The summed E-state index contributed by atoms with van der Waals surface area (Å²) in [5.74, 6) is -1.97. The van der Waals surface area contributed by atoms with Gasteiger partial charge in [0.1, 0.15) is 0 Å². The fourth-order valence-electron chi connectivity index (χ4n) is 1.92. The molecule has 132 valence electrons. The van der Waals surface area contributed by atoms with E-state index < -0.39 is 17.2 Å². The lowest BCUT2D eigenvalue weighted by Gasteiger charge is -2.08. The summed E-state index contributed by atoms with van der Waals surface area (Å²) in [5, 5.41) is 50.4. The first-order chi connectivity index (χ1) is 11.7. The van der Waals surface area contributed by atoms with E-state index in [4.69, 9.17) is 12.2 Å². The van der Waals surface area contributed by atoms with Crippen molar-refractivity contribution in [1.82, 2.24) is 5.32 Å². The van der Waals surface area contributed by atoms with Crippen LogP contribution in [0.25, 0.3) is 6.08 Å². The zero-order valence-corrected chi connectivity index (χ0v) is 16.5. The number of thiocarbonyl (C=S) groups is 1. The molecule has 2 aromatic rings. The van der Waals surface area contributed by atoms with Gasteiger partial charge in [0.2, 0.25) is 0 Å². The van der Waals surface area contributed by atoms with E-state index in [0.29, 0.717) is 25.1 Å². The summed E-state index contributed by atoms with van der Waals surface area (Å²) in [6.07, 6.45) is 3.22. The van der Waals surface area contributed by atoms with Gasteiger partial charge in [0.25, 0.3) is 0 Å². The zero-order chi connectivity index (χ0) is 18.7. The van der Waals surface area contributed by atoms with Crippen LogP contribution in [0.3, 0.4) is 0 Å². The summed E-state index contributed by atoms with van der Waals surface area (Å²) in [4.78, 5) is 0.364. The van der Waals surface area contributed by atoms with Crippen molar-refractivity contribution >= 4 is 55.1 Å². The van der Waals surface area contributed by atoms with Crippen LogP contribution in [0.1, 0.15) is 11.1 Å². The lowest BCUT2D eigenvalue weighted by molar-refractivity contribution is 0.367. The molecule has 0 atom stereocenters. The summed E-state index contributed by atoms with van der Waals surface area (Å²) < 4.78 is 0.872. The Morgan fingerprint density at radius 3 is 2.08 bits per heavy atom. The number of hydrogen-bond donors (Lipinski definition) is 6. The monoisotopic (exact) mass is 489 g/mol. The molecule has 0 unspecified atom stereocenters. The van der Waals surface area contributed by atoms with Crippen LogP contribution in [0, 0.1) is 0 Å². The van der Waals surface area contributed by atoms with E-state index in [0.717, 1.165) is 0 Å². The minimum atomic E-state index is -0.575. The third kappa shape index (κ3) is 4.56. The first kappa shape index (κ1) is 19.4. The van der Waals surface area contributed by atoms with E-state index in [1.54, 1.807) is 12.2 Å². The highest BCUT2D eigenvalue weighted by Crippen LogP contribution is 2.41. The van der Waals surface area contributed by atoms with Gasteiger partial charge in [-0.15, -0.1) is 0 Å². The van der Waals surface area contributed by atoms with Crippen LogP contribution < -0.4 is 5.32 Å². The molecule has 2 aromatic carbocycles. The first-order valence-corrected chi connectivity index (χ1v) is 8.79. The van der Waals surface area contributed by atoms with E-state index >= 15 is 0 Å². The Labute approximate surface area is 165 Å². The first-order valence-electron chi connectivity index (χ1n) is 6.80. The van der Waals surface area contributed by atoms with Gasteiger partial charge in [-0.1, -0.05) is 18.3 Å². The minimum Gasteiger partial charge on any atom is -0.504 e. The van der Waals surface area contributed by atoms with Crippen molar-refractivity contribution in [3.8, 4) is 28.7 Å². The fourth-order valence-corrected chi connectivity index (χ4v) is 2.93. The van der Waals surface area contributed by atoms with E-state index in [9.17, 15) is 25.5 Å².